The predicted octanol–water partition coefficient (Wildman–Crippen LogP) is 6.50. The van der Waals surface area contributed by atoms with E-state index in [9.17, 15) is 4.79 Å². The Kier molecular flexibility index (Phi) is 7.00. The second-order valence-corrected chi connectivity index (χ2v) is 10.2. The van der Waals surface area contributed by atoms with Crippen molar-refractivity contribution in [3.8, 4) is 5.75 Å². The molecule has 2 N–H and O–H groups in total. The summed E-state index contributed by atoms with van der Waals surface area (Å²) in [4.78, 5) is 23.9. The Morgan fingerprint density at radius 2 is 1.67 bits per heavy atom. The minimum absolute atomic E-state index is 0.114. The van der Waals surface area contributed by atoms with Crippen LogP contribution in [0.2, 0.25) is 0 Å². The van der Waals surface area contributed by atoms with E-state index in [4.69, 9.17) is 4.74 Å². The van der Waals surface area contributed by atoms with Crippen LogP contribution in [0.15, 0.2) is 60.7 Å². The summed E-state index contributed by atoms with van der Waals surface area (Å²) in [6.07, 6.45) is 4.28. The first-order chi connectivity index (χ1) is 17.5. The Labute approximate surface area is 215 Å². The summed E-state index contributed by atoms with van der Waals surface area (Å²) in [7, 11) is 1.68. The van der Waals surface area contributed by atoms with Crippen molar-refractivity contribution in [2.45, 2.75) is 45.6 Å². The first kappa shape index (κ1) is 24.0. The molecule has 6 nitrogen and oxygen atoms in total. The number of nitrogens with zero attached hydrogens (tertiary/aromatic N) is 2. The fraction of sp³-hybridized carbons (Fsp3) is 0.276. The molecule has 0 fully saturated rings. The number of para-hydroxylation sites is 1. The Balaban J connectivity index is 1.65. The molecule has 0 aliphatic heterocycles. The highest BCUT2D eigenvalue weighted by Gasteiger charge is 2.30. The van der Waals surface area contributed by atoms with Gasteiger partial charge in [0.15, 0.2) is 0 Å². The lowest BCUT2D eigenvalue weighted by atomic mass is 9.89. The van der Waals surface area contributed by atoms with Crippen LogP contribution in [0.25, 0.3) is 0 Å². The number of aryl methyl sites for hydroxylation is 3. The number of carbonyl (C=O) groups excluding carboxylic acids is 1. The molecule has 0 unspecified atom stereocenters. The maximum atomic E-state index is 13.2. The molecule has 0 saturated heterocycles. The van der Waals surface area contributed by atoms with E-state index >= 15 is 0 Å². The van der Waals surface area contributed by atoms with Crippen LogP contribution >= 0.6 is 11.3 Å². The number of ether oxygens (including phenoxy) is 1. The van der Waals surface area contributed by atoms with Crippen molar-refractivity contribution in [1.82, 2.24) is 9.97 Å². The molecule has 0 saturated carbocycles. The number of benzene rings is 2. The lowest BCUT2D eigenvalue weighted by Crippen LogP contribution is -2.20. The standard InChI is InChI=1S/C29H30N4O2S/c1-18-17-19(2)31-29(30-18)32-26(21-13-7-9-15-23(21)35-3)25-22-14-8-10-16-24(22)36-28(25)33-27(34)20-11-5-4-6-12-20/h4-7,9,11-13,15,17,26H,8,10,14,16H2,1-3H3,(H,33,34)(H,30,31,32)/t26-/m0/s1. The van der Waals surface area contributed by atoms with Gasteiger partial charge in [0.25, 0.3) is 5.91 Å². The van der Waals surface area contributed by atoms with Crippen LogP contribution in [-0.2, 0) is 12.8 Å². The van der Waals surface area contributed by atoms with Gasteiger partial charge in [-0.25, -0.2) is 9.97 Å². The van der Waals surface area contributed by atoms with Gasteiger partial charge in [0.2, 0.25) is 5.95 Å². The van der Waals surface area contributed by atoms with Crippen molar-refractivity contribution in [2.75, 3.05) is 17.7 Å². The summed E-state index contributed by atoms with van der Waals surface area (Å²) in [6, 6.07) is 19.0. The van der Waals surface area contributed by atoms with E-state index in [-0.39, 0.29) is 11.9 Å². The van der Waals surface area contributed by atoms with Gasteiger partial charge in [0.05, 0.1) is 13.2 Å². The number of anilines is 2. The fourth-order valence-corrected chi connectivity index (χ4v) is 6.21. The minimum atomic E-state index is -0.300. The average molecular weight is 499 g/mol. The number of nitrogens with one attached hydrogen (secondary N) is 2. The molecule has 1 amide bonds. The molecule has 0 spiro atoms. The molecule has 0 bridgehead atoms. The lowest BCUT2D eigenvalue weighted by molar-refractivity contribution is 0.102. The van der Waals surface area contributed by atoms with E-state index in [1.165, 1.54) is 10.4 Å². The largest absolute Gasteiger partial charge is 0.496 e. The first-order valence-electron chi connectivity index (χ1n) is 12.3. The van der Waals surface area contributed by atoms with Gasteiger partial charge in [-0.1, -0.05) is 36.4 Å². The van der Waals surface area contributed by atoms with Crippen LogP contribution in [-0.4, -0.2) is 23.0 Å². The van der Waals surface area contributed by atoms with Crippen LogP contribution in [0.4, 0.5) is 10.9 Å². The van der Waals surface area contributed by atoms with Crippen LogP contribution < -0.4 is 15.4 Å². The molecule has 2 aromatic carbocycles. The Morgan fingerprint density at radius 1 is 0.972 bits per heavy atom. The predicted molar refractivity (Wildman–Crippen MR) is 145 cm³/mol. The van der Waals surface area contributed by atoms with Crippen molar-refractivity contribution < 1.29 is 9.53 Å². The highest BCUT2D eigenvalue weighted by molar-refractivity contribution is 7.16. The SMILES string of the molecule is COc1ccccc1[C@H](Nc1nc(C)cc(C)n1)c1c(NC(=O)c2ccccc2)sc2c1CCCC2. The van der Waals surface area contributed by atoms with E-state index < -0.39 is 0 Å². The van der Waals surface area contributed by atoms with E-state index in [1.54, 1.807) is 18.4 Å². The third-order valence-corrected chi connectivity index (χ3v) is 7.69. The summed E-state index contributed by atoms with van der Waals surface area (Å²) in [5.41, 5.74) is 5.79. The van der Waals surface area contributed by atoms with Crippen LogP contribution in [0.1, 0.15) is 62.2 Å². The maximum absolute atomic E-state index is 13.2. The number of carbonyl (C=O) groups is 1. The monoisotopic (exact) mass is 498 g/mol. The van der Waals surface area contributed by atoms with Gasteiger partial charge in [-0.15, -0.1) is 11.3 Å². The molecule has 2 heterocycles. The van der Waals surface area contributed by atoms with Crippen LogP contribution in [0.5, 0.6) is 5.75 Å². The number of methoxy groups -OCH3 is 1. The molecule has 7 heteroatoms. The third kappa shape index (κ3) is 4.97. The Bertz CT molecular complexity index is 1360. The van der Waals surface area contributed by atoms with Crippen molar-refractivity contribution in [3.63, 3.8) is 0 Å². The molecule has 1 aliphatic carbocycles. The van der Waals surface area contributed by atoms with Gasteiger partial charge in [0, 0.05) is 33.0 Å². The summed E-state index contributed by atoms with van der Waals surface area (Å²) in [5, 5.41) is 7.71. The first-order valence-corrected chi connectivity index (χ1v) is 13.1. The van der Waals surface area contributed by atoms with Crippen LogP contribution in [0.3, 0.4) is 0 Å². The molecular formula is C29H30N4O2S. The molecule has 4 aromatic rings. The van der Waals surface area contributed by atoms with E-state index in [2.05, 4.69) is 26.7 Å². The molecule has 5 rings (SSSR count). The van der Waals surface area contributed by atoms with E-state index in [1.807, 2.05) is 68.4 Å². The highest BCUT2D eigenvalue weighted by Crippen LogP contribution is 2.46. The van der Waals surface area contributed by atoms with Gasteiger partial charge < -0.3 is 15.4 Å². The van der Waals surface area contributed by atoms with Gasteiger partial charge in [-0.2, -0.15) is 0 Å². The average Bonchev–Trinajstić information content (AvgIpc) is 3.24. The molecule has 2 aromatic heterocycles. The second-order valence-electron chi connectivity index (χ2n) is 9.07. The topological polar surface area (TPSA) is 76.1 Å². The number of thiophene rings is 1. The number of rotatable bonds is 7. The molecule has 184 valence electrons. The molecule has 0 radical (unpaired) electrons. The van der Waals surface area contributed by atoms with Gasteiger partial charge >= 0.3 is 0 Å². The summed E-state index contributed by atoms with van der Waals surface area (Å²) >= 11 is 1.68. The Hall–Kier alpha value is -3.71. The molecule has 1 atom stereocenters. The van der Waals surface area contributed by atoms with Crippen molar-refractivity contribution in [2.24, 2.45) is 0 Å². The van der Waals surface area contributed by atoms with Crippen molar-refractivity contribution in [3.05, 3.63) is 99.2 Å². The van der Waals surface area contributed by atoms with Gasteiger partial charge in [-0.3, -0.25) is 4.79 Å². The minimum Gasteiger partial charge on any atom is -0.496 e. The fourth-order valence-electron chi connectivity index (χ4n) is 4.88. The van der Waals surface area contributed by atoms with E-state index in [0.29, 0.717) is 11.5 Å². The third-order valence-electron chi connectivity index (χ3n) is 6.47. The van der Waals surface area contributed by atoms with Crippen molar-refractivity contribution in [1.29, 1.82) is 0 Å². The van der Waals surface area contributed by atoms with Gasteiger partial charge in [0.1, 0.15) is 10.8 Å². The summed E-state index contributed by atoms with van der Waals surface area (Å²) < 4.78 is 5.78. The zero-order valence-electron chi connectivity index (χ0n) is 20.8. The number of hydrogen-bond acceptors (Lipinski definition) is 6. The quantitative estimate of drug-likeness (QED) is 0.304. The number of amides is 1. The number of fused-ring (bicyclic) bond motifs is 1. The van der Waals surface area contributed by atoms with Gasteiger partial charge in [-0.05, 0) is 69.4 Å². The van der Waals surface area contributed by atoms with E-state index in [0.717, 1.165) is 58.9 Å². The number of hydrogen-bond donors (Lipinski definition) is 2. The van der Waals surface area contributed by atoms with Crippen LogP contribution in [0, 0.1) is 13.8 Å². The molecular weight excluding hydrogens is 468 g/mol. The normalized spacial score (nSPS) is 13.5. The summed E-state index contributed by atoms with van der Waals surface area (Å²) in [5.74, 6) is 1.21. The molecule has 1 aliphatic rings. The smallest absolute Gasteiger partial charge is 0.256 e. The van der Waals surface area contributed by atoms with Crippen molar-refractivity contribution >= 4 is 28.2 Å². The zero-order chi connectivity index (χ0) is 25.1. The maximum Gasteiger partial charge on any atom is 0.256 e. The second kappa shape index (κ2) is 10.5. The summed E-state index contributed by atoms with van der Waals surface area (Å²) in [6.45, 7) is 3.94. The highest BCUT2D eigenvalue weighted by atomic mass is 32.1. The Morgan fingerprint density at radius 3 is 2.42 bits per heavy atom. The zero-order valence-corrected chi connectivity index (χ0v) is 21.6. The number of aromatic nitrogens is 2. The molecule has 36 heavy (non-hydrogen) atoms. The lowest BCUT2D eigenvalue weighted by Gasteiger charge is -2.25.